The lowest BCUT2D eigenvalue weighted by Gasteiger charge is -2.11. The van der Waals surface area contributed by atoms with Gasteiger partial charge in [0.25, 0.3) is 0 Å². The zero-order chi connectivity index (χ0) is 13.8. The second-order valence-electron chi connectivity index (χ2n) is 4.41. The highest BCUT2D eigenvalue weighted by molar-refractivity contribution is 9.10. The van der Waals surface area contributed by atoms with E-state index in [1.807, 2.05) is 35.1 Å². The first kappa shape index (κ1) is 13.0. The molecule has 0 saturated carbocycles. The second-order valence-corrected chi connectivity index (χ2v) is 5.26. The molecule has 0 spiro atoms. The van der Waals surface area contributed by atoms with Crippen molar-refractivity contribution in [2.24, 2.45) is 0 Å². The highest BCUT2D eigenvalue weighted by Gasteiger charge is 2.06. The van der Waals surface area contributed by atoms with Gasteiger partial charge in [0.05, 0.1) is 23.8 Å². The molecule has 1 aromatic carbocycles. The summed E-state index contributed by atoms with van der Waals surface area (Å²) in [4.78, 5) is 0. The van der Waals surface area contributed by atoms with E-state index in [1.165, 1.54) is 5.56 Å². The first-order valence-electron chi connectivity index (χ1n) is 6.34. The van der Waals surface area contributed by atoms with Crippen molar-refractivity contribution in [2.75, 3.05) is 5.32 Å². The average Bonchev–Trinajstić information content (AvgIpc) is 3.10. The maximum Gasteiger partial charge on any atom is 0.136 e. The summed E-state index contributed by atoms with van der Waals surface area (Å²) in [5.41, 5.74) is 2.28. The lowest BCUT2D eigenvalue weighted by Crippen LogP contribution is -2.06. The topological polar surface area (TPSA) is 43.0 Å². The van der Waals surface area contributed by atoms with Gasteiger partial charge < -0.3 is 9.73 Å². The van der Waals surface area contributed by atoms with Crippen LogP contribution in [0.5, 0.6) is 0 Å². The molecule has 0 aliphatic heterocycles. The molecule has 0 aliphatic rings. The molecule has 0 bridgehead atoms. The van der Waals surface area contributed by atoms with Crippen molar-refractivity contribution in [3.05, 3.63) is 70.9 Å². The number of nitrogens with one attached hydrogen (secondary N) is 1. The van der Waals surface area contributed by atoms with Crippen LogP contribution in [0.3, 0.4) is 0 Å². The quantitative estimate of drug-likeness (QED) is 0.771. The molecule has 0 amide bonds. The van der Waals surface area contributed by atoms with Crippen molar-refractivity contribution >= 4 is 21.6 Å². The van der Waals surface area contributed by atoms with Crippen molar-refractivity contribution in [3.8, 4) is 0 Å². The molecule has 0 saturated heterocycles. The first-order chi connectivity index (χ1) is 9.83. The Balaban J connectivity index is 1.74. The van der Waals surface area contributed by atoms with E-state index < -0.39 is 0 Å². The smallest absolute Gasteiger partial charge is 0.136 e. The number of nitrogens with zero attached hydrogens (tertiary/aromatic N) is 2. The lowest BCUT2D eigenvalue weighted by molar-refractivity contribution is 0.516. The van der Waals surface area contributed by atoms with Gasteiger partial charge in [-0.15, -0.1) is 0 Å². The molecule has 5 heteroatoms. The number of hydrogen-bond donors (Lipinski definition) is 1. The fraction of sp³-hybridized carbons (Fsp3) is 0.133. The number of anilines is 1. The summed E-state index contributed by atoms with van der Waals surface area (Å²) in [5.74, 6) is 0.888. The van der Waals surface area contributed by atoms with E-state index in [2.05, 4.69) is 38.5 Å². The monoisotopic (exact) mass is 331 g/mol. The predicted octanol–water partition coefficient (Wildman–Crippen LogP) is 3.90. The van der Waals surface area contributed by atoms with Crippen LogP contribution in [0.15, 0.2) is 63.9 Å². The number of hydrogen-bond acceptors (Lipinski definition) is 3. The Labute approximate surface area is 125 Å². The molecule has 0 atom stereocenters. The fourth-order valence-electron chi connectivity index (χ4n) is 2.03. The van der Waals surface area contributed by atoms with Crippen molar-refractivity contribution in [1.29, 1.82) is 0 Å². The largest absolute Gasteiger partial charge is 0.466 e. The van der Waals surface area contributed by atoms with E-state index in [0.29, 0.717) is 6.54 Å². The Bertz CT molecular complexity index is 676. The zero-order valence-electron chi connectivity index (χ0n) is 10.8. The van der Waals surface area contributed by atoms with E-state index in [9.17, 15) is 0 Å². The molecule has 3 rings (SSSR count). The van der Waals surface area contributed by atoms with Crippen LogP contribution >= 0.6 is 15.9 Å². The van der Waals surface area contributed by atoms with Crippen LogP contribution < -0.4 is 5.32 Å². The van der Waals surface area contributed by atoms with Crippen LogP contribution in [0, 0.1) is 0 Å². The third-order valence-corrected chi connectivity index (χ3v) is 3.75. The van der Waals surface area contributed by atoms with Crippen LogP contribution in [0.25, 0.3) is 0 Å². The SMILES string of the molecule is Brc1ccoc1CNc1ccccc1Cn1cccn1. The second kappa shape index (κ2) is 5.96. The van der Waals surface area contributed by atoms with Gasteiger partial charge in [0.1, 0.15) is 5.76 Å². The Kier molecular flexibility index (Phi) is 3.87. The number of furan rings is 1. The van der Waals surface area contributed by atoms with Gasteiger partial charge >= 0.3 is 0 Å². The fourth-order valence-corrected chi connectivity index (χ4v) is 2.37. The number of benzene rings is 1. The maximum absolute atomic E-state index is 5.40. The van der Waals surface area contributed by atoms with Crippen molar-refractivity contribution in [2.45, 2.75) is 13.1 Å². The van der Waals surface area contributed by atoms with E-state index in [-0.39, 0.29) is 0 Å². The molecule has 102 valence electrons. The third-order valence-electron chi connectivity index (χ3n) is 3.04. The van der Waals surface area contributed by atoms with Crippen LogP contribution in [-0.2, 0) is 13.1 Å². The summed E-state index contributed by atoms with van der Waals surface area (Å²) in [6, 6.07) is 12.0. The van der Waals surface area contributed by atoms with Crippen molar-refractivity contribution in [1.82, 2.24) is 9.78 Å². The van der Waals surface area contributed by atoms with Crippen LogP contribution in [0.2, 0.25) is 0 Å². The van der Waals surface area contributed by atoms with E-state index in [1.54, 1.807) is 12.5 Å². The Morgan fingerprint density at radius 1 is 1.20 bits per heavy atom. The molecular formula is C15H14BrN3O. The first-order valence-corrected chi connectivity index (χ1v) is 7.13. The highest BCUT2D eigenvalue weighted by atomic mass is 79.9. The Morgan fingerprint density at radius 2 is 2.10 bits per heavy atom. The van der Waals surface area contributed by atoms with E-state index in [4.69, 9.17) is 4.42 Å². The van der Waals surface area contributed by atoms with Gasteiger partial charge in [-0.2, -0.15) is 5.10 Å². The third kappa shape index (κ3) is 2.93. The Hall–Kier alpha value is -2.01. The number of aromatic nitrogens is 2. The van der Waals surface area contributed by atoms with Crippen LogP contribution in [0.4, 0.5) is 5.69 Å². The summed E-state index contributed by atoms with van der Waals surface area (Å²) in [5, 5.41) is 7.64. The molecule has 4 nitrogen and oxygen atoms in total. The molecule has 0 radical (unpaired) electrons. The van der Waals surface area contributed by atoms with E-state index >= 15 is 0 Å². The van der Waals surface area contributed by atoms with Gasteiger partial charge in [0.2, 0.25) is 0 Å². The lowest BCUT2D eigenvalue weighted by atomic mass is 10.1. The zero-order valence-corrected chi connectivity index (χ0v) is 12.4. The molecule has 0 fully saturated rings. The molecule has 2 aromatic heterocycles. The summed E-state index contributed by atoms with van der Waals surface area (Å²) >= 11 is 3.46. The van der Waals surface area contributed by atoms with Crippen molar-refractivity contribution in [3.63, 3.8) is 0 Å². The average molecular weight is 332 g/mol. The van der Waals surface area contributed by atoms with Gasteiger partial charge in [-0.1, -0.05) is 18.2 Å². The predicted molar refractivity (Wildman–Crippen MR) is 81.5 cm³/mol. The molecule has 1 N–H and O–H groups in total. The molecule has 0 unspecified atom stereocenters. The number of rotatable bonds is 5. The summed E-state index contributed by atoms with van der Waals surface area (Å²) in [6.07, 6.45) is 5.42. The van der Waals surface area contributed by atoms with Crippen LogP contribution in [0.1, 0.15) is 11.3 Å². The Morgan fingerprint density at radius 3 is 2.85 bits per heavy atom. The molecule has 20 heavy (non-hydrogen) atoms. The molecule has 0 aliphatic carbocycles. The minimum Gasteiger partial charge on any atom is -0.466 e. The molecule has 3 aromatic rings. The summed E-state index contributed by atoms with van der Waals surface area (Å²) in [7, 11) is 0. The van der Waals surface area contributed by atoms with Gasteiger partial charge in [-0.25, -0.2) is 0 Å². The van der Waals surface area contributed by atoms with Gasteiger partial charge in [0.15, 0.2) is 0 Å². The van der Waals surface area contributed by atoms with Crippen LogP contribution in [-0.4, -0.2) is 9.78 Å². The number of halogens is 1. The van der Waals surface area contributed by atoms with Crippen molar-refractivity contribution < 1.29 is 4.42 Å². The normalized spacial score (nSPS) is 10.7. The number of para-hydroxylation sites is 1. The summed E-state index contributed by atoms with van der Waals surface area (Å²) < 4.78 is 8.29. The maximum atomic E-state index is 5.40. The highest BCUT2D eigenvalue weighted by Crippen LogP contribution is 2.21. The molecule has 2 heterocycles. The van der Waals surface area contributed by atoms with Gasteiger partial charge in [0, 0.05) is 18.1 Å². The standard InChI is InChI=1S/C15H14BrN3O/c16-13-6-9-20-15(13)10-17-14-5-2-1-4-12(14)11-19-8-3-7-18-19/h1-9,17H,10-11H2. The van der Waals surface area contributed by atoms with Gasteiger partial charge in [-0.05, 0) is 39.7 Å². The van der Waals surface area contributed by atoms with Gasteiger partial charge in [-0.3, -0.25) is 4.68 Å². The minimum atomic E-state index is 0.643. The summed E-state index contributed by atoms with van der Waals surface area (Å²) in [6.45, 7) is 1.39. The molecular weight excluding hydrogens is 318 g/mol. The van der Waals surface area contributed by atoms with E-state index in [0.717, 1.165) is 22.5 Å². The minimum absolute atomic E-state index is 0.643.